The van der Waals surface area contributed by atoms with Gasteiger partial charge in [-0.2, -0.15) is 0 Å². The van der Waals surface area contributed by atoms with Gasteiger partial charge >= 0.3 is 0 Å². The Kier molecular flexibility index (Phi) is 4.28. The van der Waals surface area contributed by atoms with Gasteiger partial charge in [0.2, 0.25) is 5.91 Å². The molecule has 0 spiro atoms. The molecule has 0 radical (unpaired) electrons. The van der Waals surface area contributed by atoms with Gasteiger partial charge in [-0.1, -0.05) is 6.42 Å². The summed E-state index contributed by atoms with van der Waals surface area (Å²) in [7, 11) is 1.93. The van der Waals surface area contributed by atoms with Crippen LogP contribution in [0.3, 0.4) is 0 Å². The number of likely N-dealkylation sites (tertiary alicyclic amines) is 1. The van der Waals surface area contributed by atoms with Crippen molar-refractivity contribution >= 4 is 5.91 Å². The lowest BCUT2D eigenvalue weighted by Gasteiger charge is -2.33. The van der Waals surface area contributed by atoms with Gasteiger partial charge in [-0.25, -0.2) is 0 Å². The molecule has 2 atom stereocenters. The fraction of sp³-hybridized carbons (Fsp3) is 0.929. The third kappa shape index (κ3) is 2.69. The first-order valence-corrected chi connectivity index (χ1v) is 7.27. The van der Waals surface area contributed by atoms with Crippen LogP contribution < -0.4 is 5.73 Å². The Balaban J connectivity index is 1.84. The van der Waals surface area contributed by atoms with E-state index in [-0.39, 0.29) is 17.4 Å². The first kappa shape index (κ1) is 13.8. The highest BCUT2D eigenvalue weighted by Gasteiger charge is 2.44. The molecule has 1 saturated carbocycles. The second kappa shape index (κ2) is 5.57. The predicted octanol–water partition coefficient (Wildman–Crippen LogP) is 1.06. The van der Waals surface area contributed by atoms with Crippen molar-refractivity contribution in [2.75, 3.05) is 33.2 Å². The Morgan fingerprint density at radius 1 is 1.39 bits per heavy atom. The van der Waals surface area contributed by atoms with Crippen LogP contribution in [-0.4, -0.2) is 55.0 Å². The standard InChI is InChI=1S/C14H27N3O/c1-14(7-5-6-12(14)15)13(18)16(2)10-11-17-8-3-4-9-17/h12H,3-11,15H2,1-2H3. The first-order chi connectivity index (χ1) is 8.54. The largest absolute Gasteiger partial charge is 0.344 e. The summed E-state index contributed by atoms with van der Waals surface area (Å²) >= 11 is 0. The van der Waals surface area contributed by atoms with E-state index in [4.69, 9.17) is 5.73 Å². The van der Waals surface area contributed by atoms with Crippen LogP contribution in [0.1, 0.15) is 39.0 Å². The summed E-state index contributed by atoms with van der Waals surface area (Å²) in [4.78, 5) is 16.8. The first-order valence-electron chi connectivity index (χ1n) is 7.27. The fourth-order valence-corrected chi connectivity index (χ4v) is 3.29. The third-order valence-corrected chi connectivity index (χ3v) is 4.82. The van der Waals surface area contributed by atoms with Crippen molar-refractivity contribution in [3.05, 3.63) is 0 Å². The van der Waals surface area contributed by atoms with Crippen molar-refractivity contribution in [1.29, 1.82) is 0 Å². The number of hydrogen-bond donors (Lipinski definition) is 1. The summed E-state index contributed by atoms with van der Waals surface area (Å²) in [5.74, 6) is 0.242. The highest BCUT2D eigenvalue weighted by atomic mass is 16.2. The Hall–Kier alpha value is -0.610. The van der Waals surface area contributed by atoms with Crippen molar-refractivity contribution in [2.24, 2.45) is 11.1 Å². The molecule has 1 saturated heterocycles. The van der Waals surface area contributed by atoms with E-state index in [0.29, 0.717) is 0 Å². The van der Waals surface area contributed by atoms with Crippen molar-refractivity contribution < 1.29 is 4.79 Å². The normalized spacial score (nSPS) is 32.9. The number of likely N-dealkylation sites (N-methyl/N-ethyl adjacent to an activating group) is 1. The zero-order chi connectivity index (χ0) is 13.2. The molecule has 2 fully saturated rings. The Bertz CT molecular complexity index is 301. The summed E-state index contributed by atoms with van der Waals surface area (Å²) in [6.07, 6.45) is 5.63. The highest BCUT2D eigenvalue weighted by molar-refractivity contribution is 5.83. The van der Waals surface area contributed by atoms with Crippen LogP contribution in [0.4, 0.5) is 0 Å². The van der Waals surface area contributed by atoms with E-state index in [2.05, 4.69) is 4.90 Å². The molecule has 4 heteroatoms. The van der Waals surface area contributed by atoms with Crippen LogP contribution in [0, 0.1) is 5.41 Å². The van der Waals surface area contributed by atoms with E-state index in [1.807, 2.05) is 18.9 Å². The lowest BCUT2D eigenvalue weighted by molar-refractivity contribution is -0.140. The Labute approximate surface area is 110 Å². The van der Waals surface area contributed by atoms with E-state index < -0.39 is 0 Å². The van der Waals surface area contributed by atoms with Crippen molar-refractivity contribution in [3.63, 3.8) is 0 Å². The topological polar surface area (TPSA) is 49.6 Å². The molecule has 18 heavy (non-hydrogen) atoms. The summed E-state index contributed by atoms with van der Waals surface area (Å²) in [5.41, 5.74) is 5.79. The number of amides is 1. The van der Waals surface area contributed by atoms with E-state index in [1.54, 1.807) is 0 Å². The lowest BCUT2D eigenvalue weighted by atomic mass is 9.83. The van der Waals surface area contributed by atoms with Crippen LogP contribution in [0.2, 0.25) is 0 Å². The van der Waals surface area contributed by atoms with Crippen molar-refractivity contribution in [2.45, 2.75) is 45.1 Å². The molecule has 1 aliphatic carbocycles. The van der Waals surface area contributed by atoms with Crippen LogP contribution in [-0.2, 0) is 4.79 Å². The SMILES string of the molecule is CN(CCN1CCCC1)C(=O)C1(C)CCCC1N. The molecule has 1 aliphatic heterocycles. The van der Waals surface area contributed by atoms with Crippen molar-refractivity contribution in [3.8, 4) is 0 Å². The zero-order valence-electron chi connectivity index (χ0n) is 11.8. The third-order valence-electron chi connectivity index (χ3n) is 4.82. The molecular formula is C14H27N3O. The Morgan fingerprint density at radius 3 is 2.61 bits per heavy atom. The zero-order valence-corrected chi connectivity index (χ0v) is 11.8. The molecule has 2 N–H and O–H groups in total. The summed E-state index contributed by atoms with van der Waals surface area (Å²) in [6, 6.07) is 0.0410. The minimum Gasteiger partial charge on any atom is -0.344 e. The molecule has 0 aromatic heterocycles. The minimum atomic E-state index is -0.320. The number of hydrogen-bond acceptors (Lipinski definition) is 3. The van der Waals surface area contributed by atoms with Gasteiger partial charge in [-0.05, 0) is 45.7 Å². The monoisotopic (exact) mass is 253 g/mol. The highest BCUT2D eigenvalue weighted by Crippen LogP contribution is 2.38. The molecule has 2 rings (SSSR count). The van der Waals surface area contributed by atoms with Crippen LogP contribution in [0.5, 0.6) is 0 Å². The van der Waals surface area contributed by atoms with Gasteiger partial charge in [0.25, 0.3) is 0 Å². The molecule has 4 nitrogen and oxygen atoms in total. The van der Waals surface area contributed by atoms with E-state index in [1.165, 1.54) is 25.9 Å². The maximum atomic E-state index is 12.5. The number of nitrogens with zero attached hydrogens (tertiary/aromatic N) is 2. The second-order valence-corrected chi connectivity index (χ2v) is 6.19. The van der Waals surface area contributed by atoms with Crippen LogP contribution in [0.15, 0.2) is 0 Å². The van der Waals surface area contributed by atoms with E-state index >= 15 is 0 Å². The van der Waals surface area contributed by atoms with Gasteiger partial charge in [0, 0.05) is 26.2 Å². The molecule has 0 bridgehead atoms. The summed E-state index contributed by atoms with van der Waals surface area (Å²) < 4.78 is 0. The maximum Gasteiger partial charge on any atom is 0.229 e. The predicted molar refractivity (Wildman–Crippen MR) is 73.2 cm³/mol. The van der Waals surface area contributed by atoms with Crippen LogP contribution in [0.25, 0.3) is 0 Å². The smallest absolute Gasteiger partial charge is 0.229 e. The molecule has 0 aromatic carbocycles. The molecule has 104 valence electrons. The quantitative estimate of drug-likeness (QED) is 0.815. The van der Waals surface area contributed by atoms with Gasteiger partial charge in [0.05, 0.1) is 5.41 Å². The average molecular weight is 253 g/mol. The van der Waals surface area contributed by atoms with Gasteiger partial charge in [-0.15, -0.1) is 0 Å². The van der Waals surface area contributed by atoms with Gasteiger partial charge < -0.3 is 15.5 Å². The molecule has 1 heterocycles. The average Bonchev–Trinajstić information content (AvgIpc) is 2.97. The number of rotatable bonds is 4. The Morgan fingerprint density at radius 2 is 2.06 bits per heavy atom. The summed E-state index contributed by atoms with van der Waals surface area (Å²) in [6.45, 7) is 6.27. The van der Waals surface area contributed by atoms with Crippen LogP contribution >= 0.6 is 0 Å². The van der Waals surface area contributed by atoms with Gasteiger partial charge in [-0.3, -0.25) is 4.79 Å². The number of nitrogens with two attached hydrogens (primary N) is 1. The van der Waals surface area contributed by atoms with Crippen molar-refractivity contribution in [1.82, 2.24) is 9.80 Å². The van der Waals surface area contributed by atoms with Gasteiger partial charge in [0.15, 0.2) is 0 Å². The lowest BCUT2D eigenvalue weighted by Crippen LogP contribution is -2.49. The molecule has 0 aromatic rings. The van der Waals surface area contributed by atoms with E-state index in [9.17, 15) is 4.79 Å². The molecule has 2 unspecified atom stereocenters. The molecule has 1 amide bonds. The molecular weight excluding hydrogens is 226 g/mol. The number of carbonyl (C=O) groups excluding carboxylic acids is 1. The van der Waals surface area contributed by atoms with E-state index in [0.717, 1.165) is 32.4 Å². The maximum absolute atomic E-state index is 12.5. The second-order valence-electron chi connectivity index (χ2n) is 6.19. The number of carbonyl (C=O) groups is 1. The van der Waals surface area contributed by atoms with Gasteiger partial charge in [0.1, 0.15) is 0 Å². The molecule has 2 aliphatic rings. The fourth-order valence-electron chi connectivity index (χ4n) is 3.29. The minimum absolute atomic E-state index is 0.0410. The summed E-state index contributed by atoms with van der Waals surface area (Å²) in [5, 5.41) is 0.